The van der Waals surface area contributed by atoms with Crippen molar-refractivity contribution < 1.29 is 4.79 Å². The van der Waals surface area contributed by atoms with Gasteiger partial charge in [-0.15, -0.1) is 0 Å². The molecule has 0 aliphatic rings. The minimum atomic E-state index is 0.599. The highest BCUT2D eigenvalue weighted by atomic mass is 32.1. The zero-order chi connectivity index (χ0) is 13.1. The summed E-state index contributed by atoms with van der Waals surface area (Å²) in [5.74, 6) is 0. The van der Waals surface area contributed by atoms with Gasteiger partial charge in [0.2, 0.25) is 0 Å². The number of thiophene rings is 1. The van der Waals surface area contributed by atoms with Gasteiger partial charge in [0.25, 0.3) is 0 Å². The molecule has 0 atom stereocenters. The zero-order valence-electron chi connectivity index (χ0n) is 10.2. The van der Waals surface area contributed by atoms with Gasteiger partial charge in [0.1, 0.15) is 5.69 Å². The van der Waals surface area contributed by atoms with Crippen LogP contribution in [-0.4, -0.2) is 15.8 Å². The second kappa shape index (κ2) is 5.20. The molecular weight excluding hydrogens is 256 g/mol. The molecule has 1 aromatic carbocycles. The molecule has 4 heteroatoms. The van der Waals surface area contributed by atoms with E-state index in [2.05, 4.69) is 46.1 Å². The van der Waals surface area contributed by atoms with Crippen LogP contribution in [-0.2, 0) is 6.54 Å². The summed E-state index contributed by atoms with van der Waals surface area (Å²) in [6, 6.07) is 10.5. The van der Waals surface area contributed by atoms with Gasteiger partial charge in [-0.25, -0.2) is 4.98 Å². The monoisotopic (exact) mass is 268 g/mol. The molecule has 0 radical (unpaired) electrons. The lowest BCUT2D eigenvalue weighted by molar-refractivity contribution is 0.111. The van der Waals surface area contributed by atoms with Crippen LogP contribution in [0.3, 0.4) is 0 Å². The number of rotatable bonds is 4. The van der Waals surface area contributed by atoms with Crippen molar-refractivity contribution in [3.05, 3.63) is 64.9 Å². The minimum absolute atomic E-state index is 0.599. The summed E-state index contributed by atoms with van der Waals surface area (Å²) in [5.41, 5.74) is 4.21. The fourth-order valence-corrected chi connectivity index (χ4v) is 2.65. The molecule has 0 bridgehead atoms. The van der Waals surface area contributed by atoms with Crippen LogP contribution >= 0.6 is 11.3 Å². The molecule has 0 unspecified atom stereocenters. The summed E-state index contributed by atoms with van der Waals surface area (Å²) in [5, 5.41) is 4.21. The Balaban J connectivity index is 1.82. The van der Waals surface area contributed by atoms with Crippen LogP contribution < -0.4 is 0 Å². The summed E-state index contributed by atoms with van der Waals surface area (Å²) < 4.78 is 1.84. The van der Waals surface area contributed by atoms with Crippen molar-refractivity contribution in [1.29, 1.82) is 0 Å². The Bertz CT molecular complexity index is 669. The summed E-state index contributed by atoms with van der Waals surface area (Å²) >= 11 is 1.70. The topological polar surface area (TPSA) is 34.9 Å². The van der Waals surface area contributed by atoms with E-state index in [1.807, 2.05) is 4.57 Å². The molecular formula is C15H12N2OS. The third kappa shape index (κ3) is 2.48. The van der Waals surface area contributed by atoms with Gasteiger partial charge in [0.05, 0.1) is 12.5 Å². The maximum atomic E-state index is 10.8. The van der Waals surface area contributed by atoms with Gasteiger partial charge < -0.3 is 4.57 Å². The molecule has 3 aromatic rings. The van der Waals surface area contributed by atoms with Crippen LogP contribution in [0.5, 0.6) is 0 Å². The lowest BCUT2D eigenvalue weighted by Crippen LogP contribution is -2.02. The van der Waals surface area contributed by atoms with E-state index in [1.54, 1.807) is 23.9 Å². The molecule has 2 heterocycles. The average Bonchev–Trinajstić information content (AvgIpc) is 3.10. The highest BCUT2D eigenvalue weighted by Gasteiger charge is 2.02. The van der Waals surface area contributed by atoms with Crippen molar-refractivity contribution in [3.8, 4) is 11.1 Å². The number of carbonyl (C=O) groups is 1. The third-order valence-corrected chi connectivity index (χ3v) is 3.71. The zero-order valence-corrected chi connectivity index (χ0v) is 11.0. The number of nitrogens with zero attached hydrogens (tertiary/aromatic N) is 2. The average molecular weight is 268 g/mol. The smallest absolute Gasteiger partial charge is 0.168 e. The molecule has 0 saturated heterocycles. The first-order valence-electron chi connectivity index (χ1n) is 5.93. The third-order valence-electron chi connectivity index (χ3n) is 3.03. The number of carbonyl (C=O) groups excluding carboxylic acids is 1. The predicted molar refractivity (Wildman–Crippen MR) is 76.5 cm³/mol. The van der Waals surface area contributed by atoms with Crippen LogP contribution in [0.25, 0.3) is 11.1 Å². The molecule has 3 nitrogen and oxygen atoms in total. The number of hydrogen-bond donors (Lipinski definition) is 0. The molecule has 0 amide bonds. The number of aromatic nitrogens is 2. The van der Waals surface area contributed by atoms with Gasteiger partial charge >= 0.3 is 0 Å². The fourth-order valence-electron chi connectivity index (χ4n) is 1.99. The molecule has 0 aliphatic carbocycles. The first-order valence-corrected chi connectivity index (χ1v) is 6.88. The first-order chi connectivity index (χ1) is 9.36. The number of imidazole rings is 1. The summed E-state index contributed by atoms with van der Waals surface area (Å²) in [4.78, 5) is 14.8. The molecule has 94 valence electrons. The molecule has 0 fully saturated rings. The second-order valence-corrected chi connectivity index (χ2v) is 5.05. The summed E-state index contributed by atoms with van der Waals surface area (Å²) in [6.45, 7) is 0.665. The Kier molecular flexibility index (Phi) is 3.25. The van der Waals surface area contributed by atoms with E-state index in [9.17, 15) is 4.79 Å². The van der Waals surface area contributed by atoms with Crippen LogP contribution in [0.1, 0.15) is 16.1 Å². The highest BCUT2D eigenvalue weighted by molar-refractivity contribution is 7.08. The maximum absolute atomic E-state index is 10.8. The molecule has 0 saturated carbocycles. The molecule has 0 N–H and O–H groups in total. The summed E-state index contributed by atoms with van der Waals surface area (Å²) in [6.07, 6.45) is 4.08. The van der Waals surface area contributed by atoms with Gasteiger partial charge in [0, 0.05) is 6.54 Å². The quantitative estimate of drug-likeness (QED) is 0.679. The Labute approximate surface area is 115 Å². The minimum Gasteiger partial charge on any atom is -0.324 e. The molecule has 0 spiro atoms. The SMILES string of the molecule is O=Cc1cncn1Cc1ccc(-c2ccsc2)cc1. The lowest BCUT2D eigenvalue weighted by atomic mass is 10.1. The van der Waals surface area contributed by atoms with Crippen molar-refractivity contribution in [2.75, 3.05) is 0 Å². The number of hydrogen-bond acceptors (Lipinski definition) is 3. The van der Waals surface area contributed by atoms with E-state index in [-0.39, 0.29) is 0 Å². The second-order valence-electron chi connectivity index (χ2n) is 4.27. The standard InChI is InChI=1S/C15H12N2OS/c18-9-15-7-16-11-17(15)8-12-1-3-13(4-2-12)14-5-6-19-10-14/h1-7,9-11H,8H2. The number of benzene rings is 1. The lowest BCUT2D eigenvalue weighted by Gasteiger charge is -2.05. The van der Waals surface area contributed by atoms with E-state index >= 15 is 0 Å². The molecule has 2 aromatic heterocycles. The van der Waals surface area contributed by atoms with Crippen molar-refractivity contribution in [1.82, 2.24) is 9.55 Å². The van der Waals surface area contributed by atoms with E-state index in [4.69, 9.17) is 0 Å². The summed E-state index contributed by atoms with van der Waals surface area (Å²) in [7, 11) is 0. The van der Waals surface area contributed by atoms with E-state index in [1.165, 1.54) is 11.1 Å². The van der Waals surface area contributed by atoms with Crippen molar-refractivity contribution in [3.63, 3.8) is 0 Å². The van der Waals surface area contributed by atoms with Gasteiger partial charge in [-0.1, -0.05) is 24.3 Å². The van der Waals surface area contributed by atoms with Gasteiger partial charge in [-0.3, -0.25) is 4.79 Å². The normalized spacial score (nSPS) is 10.5. The Morgan fingerprint density at radius 2 is 2.00 bits per heavy atom. The van der Waals surface area contributed by atoms with Crippen molar-refractivity contribution >= 4 is 17.6 Å². The van der Waals surface area contributed by atoms with E-state index in [0.717, 1.165) is 11.8 Å². The molecule has 3 rings (SSSR count). The fraction of sp³-hybridized carbons (Fsp3) is 0.0667. The Hall–Kier alpha value is -2.20. The van der Waals surface area contributed by atoms with E-state index in [0.29, 0.717) is 12.2 Å². The van der Waals surface area contributed by atoms with Crippen molar-refractivity contribution in [2.45, 2.75) is 6.54 Å². The molecule has 0 aliphatic heterocycles. The maximum Gasteiger partial charge on any atom is 0.168 e. The van der Waals surface area contributed by atoms with Crippen LogP contribution in [0.15, 0.2) is 53.6 Å². The van der Waals surface area contributed by atoms with Crippen LogP contribution in [0, 0.1) is 0 Å². The predicted octanol–water partition coefficient (Wildman–Crippen LogP) is 3.47. The van der Waals surface area contributed by atoms with Crippen LogP contribution in [0.2, 0.25) is 0 Å². The first kappa shape index (κ1) is 11.9. The van der Waals surface area contributed by atoms with Gasteiger partial charge in [-0.05, 0) is 33.5 Å². The Morgan fingerprint density at radius 3 is 2.68 bits per heavy atom. The largest absolute Gasteiger partial charge is 0.324 e. The number of aldehydes is 1. The van der Waals surface area contributed by atoms with Crippen LogP contribution in [0.4, 0.5) is 0 Å². The Morgan fingerprint density at radius 1 is 1.16 bits per heavy atom. The van der Waals surface area contributed by atoms with E-state index < -0.39 is 0 Å². The van der Waals surface area contributed by atoms with Crippen molar-refractivity contribution in [2.24, 2.45) is 0 Å². The highest BCUT2D eigenvalue weighted by Crippen LogP contribution is 2.22. The van der Waals surface area contributed by atoms with Gasteiger partial charge in [-0.2, -0.15) is 11.3 Å². The van der Waals surface area contributed by atoms with Gasteiger partial charge in [0.15, 0.2) is 6.29 Å². The molecule has 19 heavy (non-hydrogen) atoms.